The van der Waals surface area contributed by atoms with Crippen molar-refractivity contribution in [3.05, 3.63) is 33.2 Å². The summed E-state index contributed by atoms with van der Waals surface area (Å²) in [5.74, 6) is -0.0791. The van der Waals surface area contributed by atoms with Gasteiger partial charge in [0.05, 0.1) is 17.7 Å². The third-order valence-electron chi connectivity index (χ3n) is 2.12. The van der Waals surface area contributed by atoms with Gasteiger partial charge in [-0.2, -0.15) is 0 Å². The van der Waals surface area contributed by atoms with Gasteiger partial charge in [0.1, 0.15) is 9.88 Å². The molecule has 4 nitrogen and oxygen atoms in total. The average Bonchev–Trinajstić information content (AvgIpc) is 2.96. The standard InChI is InChI=1S/C10H11N3OS2/c1-2-7(10-12-3-4-15-10)13-9(14)8-5-11-6-16-8/h3-7H,2H2,1H3,(H,13,14)/t7-/m1/s1. The van der Waals surface area contributed by atoms with Crippen LogP contribution in [0.4, 0.5) is 0 Å². The van der Waals surface area contributed by atoms with Gasteiger partial charge in [0.15, 0.2) is 0 Å². The molecular formula is C10H11N3OS2. The predicted molar refractivity (Wildman–Crippen MR) is 64.7 cm³/mol. The van der Waals surface area contributed by atoms with Crippen molar-refractivity contribution < 1.29 is 4.79 Å². The SMILES string of the molecule is CC[C@@H](NC(=O)c1cncs1)c1nccs1. The molecule has 0 unspecified atom stereocenters. The highest BCUT2D eigenvalue weighted by Gasteiger charge is 2.16. The van der Waals surface area contributed by atoms with E-state index in [-0.39, 0.29) is 11.9 Å². The van der Waals surface area contributed by atoms with Crippen molar-refractivity contribution in [3.63, 3.8) is 0 Å². The first-order chi connectivity index (χ1) is 7.81. The van der Waals surface area contributed by atoms with Crippen molar-refractivity contribution >= 4 is 28.6 Å². The van der Waals surface area contributed by atoms with Crippen molar-refractivity contribution in [1.29, 1.82) is 0 Å². The molecule has 1 N–H and O–H groups in total. The quantitative estimate of drug-likeness (QED) is 0.910. The molecule has 0 fully saturated rings. The Morgan fingerprint density at radius 3 is 3.00 bits per heavy atom. The monoisotopic (exact) mass is 253 g/mol. The number of amides is 1. The molecule has 0 aliphatic heterocycles. The molecule has 2 aromatic rings. The number of hydrogen-bond acceptors (Lipinski definition) is 5. The molecule has 1 atom stereocenters. The fraction of sp³-hybridized carbons (Fsp3) is 0.300. The van der Waals surface area contributed by atoms with Gasteiger partial charge >= 0.3 is 0 Å². The van der Waals surface area contributed by atoms with E-state index in [9.17, 15) is 4.79 Å². The van der Waals surface area contributed by atoms with Crippen molar-refractivity contribution in [2.45, 2.75) is 19.4 Å². The lowest BCUT2D eigenvalue weighted by Crippen LogP contribution is -2.27. The molecule has 2 rings (SSSR count). The maximum Gasteiger partial charge on any atom is 0.263 e. The summed E-state index contributed by atoms with van der Waals surface area (Å²) in [6.45, 7) is 2.03. The zero-order valence-corrected chi connectivity index (χ0v) is 10.3. The summed E-state index contributed by atoms with van der Waals surface area (Å²) in [5, 5.41) is 5.81. The van der Waals surface area contributed by atoms with Gasteiger partial charge in [0.2, 0.25) is 0 Å². The first-order valence-corrected chi connectivity index (χ1v) is 6.66. The smallest absolute Gasteiger partial charge is 0.263 e. The van der Waals surface area contributed by atoms with Gasteiger partial charge in [-0.3, -0.25) is 9.78 Å². The zero-order chi connectivity index (χ0) is 11.4. The molecule has 1 amide bonds. The summed E-state index contributed by atoms with van der Waals surface area (Å²) in [6.07, 6.45) is 4.16. The summed E-state index contributed by atoms with van der Waals surface area (Å²) in [6, 6.07) is -0.00500. The average molecular weight is 253 g/mol. The van der Waals surface area contributed by atoms with Crippen LogP contribution in [0, 0.1) is 0 Å². The Morgan fingerprint density at radius 2 is 2.44 bits per heavy atom. The third kappa shape index (κ3) is 2.45. The highest BCUT2D eigenvalue weighted by atomic mass is 32.1. The summed E-state index contributed by atoms with van der Waals surface area (Å²) in [5.41, 5.74) is 1.65. The highest BCUT2D eigenvalue weighted by Crippen LogP contribution is 2.19. The Bertz CT molecular complexity index is 439. The van der Waals surface area contributed by atoms with Crippen LogP contribution in [-0.4, -0.2) is 15.9 Å². The summed E-state index contributed by atoms with van der Waals surface area (Å²) < 4.78 is 0. The second kappa shape index (κ2) is 5.18. The molecule has 84 valence electrons. The molecular weight excluding hydrogens is 242 g/mol. The molecule has 2 aromatic heterocycles. The van der Waals surface area contributed by atoms with E-state index in [4.69, 9.17) is 0 Å². The van der Waals surface area contributed by atoms with E-state index in [1.165, 1.54) is 11.3 Å². The third-order valence-corrected chi connectivity index (χ3v) is 3.78. The second-order valence-corrected chi connectivity index (χ2v) is 4.98. The van der Waals surface area contributed by atoms with Gasteiger partial charge in [-0.15, -0.1) is 22.7 Å². The molecule has 16 heavy (non-hydrogen) atoms. The van der Waals surface area contributed by atoms with Crippen LogP contribution in [0.25, 0.3) is 0 Å². The van der Waals surface area contributed by atoms with Gasteiger partial charge in [-0.25, -0.2) is 4.98 Å². The van der Waals surface area contributed by atoms with Gasteiger partial charge in [-0.05, 0) is 6.42 Å². The number of nitrogens with one attached hydrogen (secondary N) is 1. The maximum atomic E-state index is 11.8. The van der Waals surface area contributed by atoms with E-state index in [0.29, 0.717) is 4.88 Å². The molecule has 0 aromatic carbocycles. The van der Waals surface area contributed by atoms with Crippen LogP contribution in [-0.2, 0) is 0 Å². The molecule has 6 heteroatoms. The number of thiazole rings is 2. The number of aromatic nitrogens is 2. The van der Waals surface area contributed by atoms with E-state index in [1.54, 1.807) is 29.2 Å². The van der Waals surface area contributed by atoms with E-state index >= 15 is 0 Å². The first kappa shape index (κ1) is 11.2. The Kier molecular flexibility index (Phi) is 3.63. The molecule has 0 radical (unpaired) electrons. The largest absolute Gasteiger partial charge is 0.342 e. The normalized spacial score (nSPS) is 12.3. The van der Waals surface area contributed by atoms with E-state index < -0.39 is 0 Å². The lowest BCUT2D eigenvalue weighted by molar-refractivity contribution is 0.0939. The number of nitrogens with zero attached hydrogens (tertiary/aromatic N) is 2. The van der Waals surface area contributed by atoms with Crippen LogP contribution in [0.15, 0.2) is 23.3 Å². The predicted octanol–water partition coefficient (Wildman–Crippen LogP) is 2.48. The van der Waals surface area contributed by atoms with Crippen LogP contribution in [0.5, 0.6) is 0 Å². The van der Waals surface area contributed by atoms with Gasteiger partial charge in [0.25, 0.3) is 5.91 Å². The minimum atomic E-state index is -0.0791. The Labute approximate surface area is 101 Å². The van der Waals surface area contributed by atoms with Crippen molar-refractivity contribution in [1.82, 2.24) is 15.3 Å². The van der Waals surface area contributed by atoms with E-state index in [2.05, 4.69) is 15.3 Å². The minimum absolute atomic E-state index is 0.00500. The van der Waals surface area contributed by atoms with E-state index in [1.807, 2.05) is 12.3 Å². The zero-order valence-electron chi connectivity index (χ0n) is 8.71. The topological polar surface area (TPSA) is 54.9 Å². The molecule has 0 spiro atoms. The van der Waals surface area contributed by atoms with Gasteiger partial charge in [0, 0.05) is 11.6 Å². The van der Waals surface area contributed by atoms with Crippen LogP contribution < -0.4 is 5.32 Å². The van der Waals surface area contributed by atoms with E-state index in [0.717, 1.165) is 11.4 Å². The summed E-state index contributed by atoms with van der Waals surface area (Å²) in [7, 11) is 0. The van der Waals surface area contributed by atoms with Gasteiger partial charge < -0.3 is 5.32 Å². The maximum absolute atomic E-state index is 11.8. The molecule has 0 bridgehead atoms. The highest BCUT2D eigenvalue weighted by molar-refractivity contribution is 7.11. The number of hydrogen-bond donors (Lipinski definition) is 1. The Balaban J connectivity index is 2.05. The number of carbonyl (C=O) groups is 1. The molecule has 0 aliphatic carbocycles. The second-order valence-electron chi connectivity index (χ2n) is 3.17. The first-order valence-electron chi connectivity index (χ1n) is 4.90. The summed E-state index contributed by atoms with van der Waals surface area (Å²) in [4.78, 5) is 20.5. The lowest BCUT2D eigenvalue weighted by atomic mass is 10.2. The van der Waals surface area contributed by atoms with Crippen molar-refractivity contribution in [2.75, 3.05) is 0 Å². The van der Waals surface area contributed by atoms with Crippen LogP contribution in [0.2, 0.25) is 0 Å². The fourth-order valence-electron chi connectivity index (χ4n) is 1.30. The van der Waals surface area contributed by atoms with Crippen molar-refractivity contribution in [2.24, 2.45) is 0 Å². The van der Waals surface area contributed by atoms with Crippen molar-refractivity contribution in [3.8, 4) is 0 Å². The fourth-order valence-corrected chi connectivity index (χ4v) is 2.60. The molecule has 0 aliphatic rings. The number of carbonyl (C=O) groups excluding carboxylic acids is 1. The Hall–Kier alpha value is -1.27. The Morgan fingerprint density at radius 1 is 1.56 bits per heavy atom. The van der Waals surface area contributed by atoms with Crippen LogP contribution >= 0.6 is 22.7 Å². The van der Waals surface area contributed by atoms with Gasteiger partial charge in [-0.1, -0.05) is 6.92 Å². The molecule has 0 saturated carbocycles. The van der Waals surface area contributed by atoms with Crippen LogP contribution in [0.1, 0.15) is 34.1 Å². The summed E-state index contributed by atoms with van der Waals surface area (Å²) >= 11 is 2.90. The molecule has 2 heterocycles. The lowest BCUT2D eigenvalue weighted by Gasteiger charge is -2.13. The molecule has 0 saturated heterocycles. The number of rotatable bonds is 4. The minimum Gasteiger partial charge on any atom is -0.342 e. The van der Waals surface area contributed by atoms with Crippen LogP contribution in [0.3, 0.4) is 0 Å².